The number of hydrogen-bond acceptors (Lipinski definition) is 4. The number of nitrogens with two attached hydrogens (primary N) is 1. The Morgan fingerprint density at radius 3 is 3.00 bits per heavy atom. The quantitative estimate of drug-likeness (QED) is 0.502. The van der Waals surface area contributed by atoms with Crippen molar-refractivity contribution < 1.29 is 0 Å². The number of hydrogen-bond donors (Lipinski definition) is 1. The van der Waals surface area contributed by atoms with E-state index in [2.05, 4.69) is 10.3 Å². The third-order valence-electron chi connectivity index (χ3n) is 1.29. The summed E-state index contributed by atoms with van der Waals surface area (Å²) in [7, 11) is 1.51. The average molecular weight is 152 g/mol. The van der Waals surface area contributed by atoms with Crippen LogP contribution >= 0.6 is 0 Å². The van der Waals surface area contributed by atoms with E-state index in [4.69, 9.17) is 5.73 Å². The SMILES string of the molecule is CN(N=O)c1cccnc1N. The van der Waals surface area contributed by atoms with E-state index in [9.17, 15) is 4.91 Å². The summed E-state index contributed by atoms with van der Waals surface area (Å²) in [5.74, 6) is 0.301. The molecule has 1 aromatic rings. The van der Waals surface area contributed by atoms with Crippen LogP contribution in [0.1, 0.15) is 0 Å². The van der Waals surface area contributed by atoms with Gasteiger partial charge in [-0.05, 0) is 12.1 Å². The van der Waals surface area contributed by atoms with Crippen molar-refractivity contribution in [2.45, 2.75) is 0 Å². The van der Waals surface area contributed by atoms with Crippen LogP contribution in [0.4, 0.5) is 11.5 Å². The lowest BCUT2D eigenvalue weighted by atomic mass is 10.4. The fourth-order valence-electron chi connectivity index (χ4n) is 0.727. The van der Waals surface area contributed by atoms with E-state index in [1.54, 1.807) is 18.3 Å². The summed E-state index contributed by atoms with van der Waals surface area (Å²) in [4.78, 5) is 13.8. The van der Waals surface area contributed by atoms with E-state index < -0.39 is 0 Å². The highest BCUT2D eigenvalue weighted by atomic mass is 16.3. The van der Waals surface area contributed by atoms with Gasteiger partial charge in [-0.25, -0.2) is 9.99 Å². The van der Waals surface area contributed by atoms with Crippen molar-refractivity contribution >= 4 is 11.5 Å². The van der Waals surface area contributed by atoms with E-state index in [1.807, 2.05) is 0 Å². The van der Waals surface area contributed by atoms with Gasteiger partial charge in [-0.15, -0.1) is 4.91 Å². The van der Waals surface area contributed by atoms with E-state index >= 15 is 0 Å². The van der Waals surface area contributed by atoms with Crippen molar-refractivity contribution in [2.24, 2.45) is 5.29 Å². The van der Waals surface area contributed by atoms with Crippen molar-refractivity contribution in [1.29, 1.82) is 0 Å². The first kappa shape index (κ1) is 7.46. The summed E-state index contributed by atoms with van der Waals surface area (Å²) in [6, 6.07) is 3.36. The van der Waals surface area contributed by atoms with Crippen LogP contribution in [0.15, 0.2) is 23.6 Å². The molecule has 0 aliphatic rings. The minimum absolute atomic E-state index is 0.301. The first-order valence-electron chi connectivity index (χ1n) is 3.03. The number of anilines is 2. The molecule has 1 aromatic heterocycles. The van der Waals surface area contributed by atoms with Crippen LogP contribution < -0.4 is 10.7 Å². The van der Waals surface area contributed by atoms with Gasteiger partial charge in [-0.2, -0.15) is 0 Å². The molecule has 0 radical (unpaired) electrons. The lowest BCUT2D eigenvalue weighted by molar-refractivity contribution is 0.999. The molecule has 1 rings (SSSR count). The predicted octanol–water partition coefficient (Wildman–Crippen LogP) is 0.781. The molecule has 0 aliphatic heterocycles. The van der Waals surface area contributed by atoms with E-state index in [0.717, 1.165) is 5.01 Å². The van der Waals surface area contributed by atoms with Crippen molar-refractivity contribution in [2.75, 3.05) is 17.8 Å². The minimum Gasteiger partial charge on any atom is -0.382 e. The van der Waals surface area contributed by atoms with Gasteiger partial charge >= 0.3 is 0 Å². The van der Waals surface area contributed by atoms with Gasteiger partial charge in [0.1, 0.15) is 11.5 Å². The third kappa shape index (κ3) is 1.43. The van der Waals surface area contributed by atoms with Gasteiger partial charge in [0.2, 0.25) is 0 Å². The molecular weight excluding hydrogens is 144 g/mol. The lowest BCUT2D eigenvalue weighted by Gasteiger charge is -2.08. The zero-order valence-corrected chi connectivity index (χ0v) is 6.06. The Kier molecular flexibility index (Phi) is 2.00. The fourth-order valence-corrected chi connectivity index (χ4v) is 0.727. The number of nitroso groups, excluding NO2 is 1. The molecule has 0 atom stereocenters. The van der Waals surface area contributed by atoms with Gasteiger partial charge in [-0.1, -0.05) is 0 Å². The van der Waals surface area contributed by atoms with Gasteiger partial charge in [0, 0.05) is 13.2 Å². The Hall–Kier alpha value is -1.65. The molecule has 58 valence electrons. The molecule has 1 heterocycles. The van der Waals surface area contributed by atoms with Crippen molar-refractivity contribution in [3.63, 3.8) is 0 Å². The molecule has 0 amide bonds. The minimum atomic E-state index is 0.301. The Morgan fingerprint density at radius 1 is 1.73 bits per heavy atom. The number of aromatic nitrogens is 1. The van der Waals surface area contributed by atoms with Gasteiger partial charge in [-0.3, -0.25) is 0 Å². The maximum Gasteiger partial charge on any atom is 0.149 e. The summed E-state index contributed by atoms with van der Waals surface area (Å²) >= 11 is 0. The fraction of sp³-hybridized carbons (Fsp3) is 0.167. The van der Waals surface area contributed by atoms with Crippen LogP contribution in [0.25, 0.3) is 0 Å². The second-order valence-electron chi connectivity index (χ2n) is 2.01. The largest absolute Gasteiger partial charge is 0.382 e. The van der Waals surface area contributed by atoms with Crippen molar-refractivity contribution in [3.8, 4) is 0 Å². The van der Waals surface area contributed by atoms with E-state index in [-0.39, 0.29) is 0 Å². The topological polar surface area (TPSA) is 71.6 Å². The van der Waals surface area contributed by atoms with Gasteiger partial charge in [0.05, 0.1) is 5.29 Å². The molecule has 0 saturated carbocycles. The Labute approximate surface area is 63.8 Å². The first-order chi connectivity index (χ1) is 5.25. The van der Waals surface area contributed by atoms with Crippen molar-refractivity contribution in [1.82, 2.24) is 4.98 Å². The summed E-state index contributed by atoms with van der Waals surface area (Å²) in [6.45, 7) is 0. The molecule has 0 bridgehead atoms. The molecule has 11 heavy (non-hydrogen) atoms. The zero-order valence-electron chi connectivity index (χ0n) is 6.06. The van der Waals surface area contributed by atoms with Gasteiger partial charge < -0.3 is 5.73 Å². The monoisotopic (exact) mass is 152 g/mol. The Morgan fingerprint density at radius 2 is 2.45 bits per heavy atom. The summed E-state index contributed by atoms with van der Waals surface area (Å²) < 4.78 is 0. The maximum absolute atomic E-state index is 10.1. The lowest BCUT2D eigenvalue weighted by Crippen LogP contribution is -2.09. The number of rotatable bonds is 2. The van der Waals surface area contributed by atoms with Crippen LogP contribution in [0, 0.1) is 4.91 Å². The summed E-state index contributed by atoms with van der Waals surface area (Å²) in [5.41, 5.74) is 5.96. The summed E-state index contributed by atoms with van der Waals surface area (Å²) in [5, 5.41) is 3.81. The second-order valence-corrected chi connectivity index (χ2v) is 2.01. The highest BCUT2D eigenvalue weighted by Crippen LogP contribution is 2.17. The van der Waals surface area contributed by atoms with Gasteiger partial charge in [0.25, 0.3) is 0 Å². The number of pyridine rings is 1. The molecular formula is C6H8N4O. The maximum atomic E-state index is 10.1. The van der Waals surface area contributed by atoms with Crippen LogP contribution in [0.5, 0.6) is 0 Å². The van der Waals surface area contributed by atoms with E-state index in [1.165, 1.54) is 7.05 Å². The van der Waals surface area contributed by atoms with Crippen LogP contribution in [0.3, 0.4) is 0 Å². The highest BCUT2D eigenvalue weighted by molar-refractivity contribution is 5.61. The van der Waals surface area contributed by atoms with E-state index in [0.29, 0.717) is 11.5 Å². The van der Waals surface area contributed by atoms with Crippen LogP contribution in [-0.2, 0) is 0 Å². The molecule has 2 N–H and O–H groups in total. The van der Waals surface area contributed by atoms with Gasteiger partial charge in [0.15, 0.2) is 0 Å². The number of nitrogens with zero attached hydrogens (tertiary/aromatic N) is 3. The average Bonchev–Trinajstić information content (AvgIpc) is 2.04. The predicted molar refractivity (Wildman–Crippen MR) is 42.8 cm³/mol. The normalized spacial score (nSPS) is 9.18. The highest BCUT2D eigenvalue weighted by Gasteiger charge is 2.03. The zero-order chi connectivity index (χ0) is 8.27. The molecule has 5 heteroatoms. The Bertz CT molecular complexity index is 263. The molecule has 0 aliphatic carbocycles. The van der Waals surface area contributed by atoms with Crippen LogP contribution in [-0.4, -0.2) is 12.0 Å². The molecule has 0 aromatic carbocycles. The van der Waals surface area contributed by atoms with Crippen LogP contribution in [0.2, 0.25) is 0 Å². The molecule has 5 nitrogen and oxygen atoms in total. The molecule has 0 unspecified atom stereocenters. The third-order valence-corrected chi connectivity index (χ3v) is 1.29. The Balaban J connectivity index is 3.02. The first-order valence-corrected chi connectivity index (χ1v) is 3.03. The molecule has 0 saturated heterocycles. The molecule has 0 fully saturated rings. The van der Waals surface area contributed by atoms with Crippen molar-refractivity contribution in [3.05, 3.63) is 23.2 Å². The summed E-state index contributed by atoms with van der Waals surface area (Å²) in [6.07, 6.45) is 1.55. The smallest absolute Gasteiger partial charge is 0.149 e. The second kappa shape index (κ2) is 2.96. The number of nitrogen functional groups attached to an aromatic ring is 1. The standard InChI is InChI=1S/C6H8N4O/c1-10(9-11)5-3-2-4-8-6(5)7/h2-4H,1H3,(H2,7,8). The molecule has 0 spiro atoms.